The van der Waals surface area contributed by atoms with Gasteiger partial charge in [0.1, 0.15) is 5.76 Å². The Bertz CT molecular complexity index is 372. The molecule has 2 rings (SSSR count). The van der Waals surface area contributed by atoms with Crippen molar-refractivity contribution in [3.63, 3.8) is 0 Å². The Hall–Kier alpha value is -0.320. The Morgan fingerprint density at radius 3 is 2.56 bits per heavy atom. The summed E-state index contributed by atoms with van der Waals surface area (Å²) in [6, 6.07) is 4.78. The van der Waals surface area contributed by atoms with Crippen molar-refractivity contribution >= 4 is 15.9 Å². The summed E-state index contributed by atoms with van der Waals surface area (Å²) in [5, 5.41) is 0. The van der Waals surface area contributed by atoms with Gasteiger partial charge in [-0.05, 0) is 66.7 Å². The number of likely N-dealkylation sites (N-methyl/N-ethyl adjacent to an activating group) is 1. The summed E-state index contributed by atoms with van der Waals surface area (Å²) >= 11 is 3.36. The van der Waals surface area contributed by atoms with Gasteiger partial charge in [0.2, 0.25) is 0 Å². The molecule has 1 saturated carbocycles. The van der Waals surface area contributed by atoms with E-state index in [1.165, 1.54) is 25.7 Å². The van der Waals surface area contributed by atoms with Crippen LogP contribution in [-0.2, 0) is 0 Å². The number of rotatable bonds is 4. The van der Waals surface area contributed by atoms with Gasteiger partial charge in [-0.1, -0.05) is 6.92 Å². The molecule has 0 bridgehead atoms. The van der Waals surface area contributed by atoms with Crippen LogP contribution in [0.15, 0.2) is 21.2 Å². The predicted octanol–water partition coefficient (Wildman–Crippen LogP) is 3.55. The molecule has 1 aromatic rings. The van der Waals surface area contributed by atoms with E-state index in [4.69, 9.17) is 10.2 Å². The molecule has 1 heterocycles. The van der Waals surface area contributed by atoms with E-state index < -0.39 is 0 Å². The van der Waals surface area contributed by atoms with E-state index in [2.05, 4.69) is 34.8 Å². The first-order chi connectivity index (χ1) is 8.61. The highest BCUT2D eigenvalue weighted by Gasteiger charge is 2.28. The molecule has 1 fully saturated rings. The summed E-state index contributed by atoms with van der Waals surface area (Å²) in [6.45, 7) is 2.95. The second-order valence-electron chi connectivity index (χ2n) is 5.47. The van der Waals surface area contributed by atoms with Crippen LogP contribution in [0, 0.1) is 5.92 Å². The summed E-state index contributed by atoms with van der Waals surface area (Å²) in [6.07, 6.45) is 5.20. The van der Waals surface area contributed by atoms with Crippen LogP contribution in [0.2, 0.25) is 0 Å². The fourth-order valence-electron chi connectivity index (χ4n) is 2.89. The molecule has 1 atom stereocenters. The number of halogens is 1. The van der Waals surface area contributed by atoms with E-state index in [1.54, 1.807) is 0 Å². The van der Waals surface area contributed by atoms with Gasteiger partial charge in [0.05, 0.1) is 6.04 Å². The fourth-order valence-corrected chi connectivity index (χ4v) is 3.21. The van der Waals surface area contributed by atoms with Crippen LogP contribution in [0.25, 0.3) is 0 Å². The van der Waals surface area contributed by atoms with Gasteiger partial charge in [-0.15, -0.1) is 0 Å². The van der Waals surface area contributed by atoms with E-state index in [0.717, 1.165) is 16.3 Å². The lowest BCUT2D eigenvalue weighted by atomic mass is 9.86. The van der Waals surface area contributed by atoms with E-state index in [-0.39, 0.29) is 6.04 Å². The minimum atomic E-state index is 0.190. The second-order valence-corrected chi connectivity index (χ2v) is 6.25. The van der Waals surface area contributed by atoms with Crippen LogP contribution < -0.4 is 5.73 Å². The molecule has 4 heteroatoms. The molecule has 1 aliphatic carbocycles. The minimum absolute atomic E-state index is 0.190. The minimum Gasteiger partial charge on any atom is -0.453 e. The summed E-state index contributed by atoms with van der Waals surface area (Å²) < 4.78 is 6.44. The Balaban J connectivity index is 2.03. The second kappa shape index (κ2) is 6.22. The molecule has 18 heavy (non-hydrogen) atoms. The molecule has 0 saturated heterocycles. The number of nitrogens with two attached hydrogens (primary N) is 1. The number of hydrogen-bond donors (Lipinski definition) is 1. The first-order valence-electron chi connectivity index (χ1n) is 6.79. The van der Waals surface area contributed by atoms with E-state index in [1.807, 2.05) is 12.1 Å². The highest BCUT2D eigenvalue weighted by molar-refractivity contribution is 9.10. The Morgan fingerprint density at radius 1 is 1.39 bits per heavy atom. The fraction of sp³-hybridized carbons (Fsp3) is 0.714. The van der Waals surface area contributed by atoms with Gasteiger partial charge in [0.15, 0.2) is 4.67 Å². The molecule has 1 aliphatic rings. The van der Waals surface area contributed by atoms with Crippen molar-refractivity contribution in [2.24, 2.45) is 11.7 Å². The highest BCUT2D eigenvalue weighted by atomic mass is 79.9. The lowest BCUT2D eigenvalue weighted by Gasteiger charge is -2.37. The third kappa shape index (κ3) is 3.16. The predicted molar refractivity (Wildman–Crippen MR) is 77.4 cm³/mol. The van der Waals surface area contributed by atoms with Crippen molar-refractivity contribution in [2.45, 2.75) is 44.7 Å². The zero-order valence-corrected chi connectivity index (χ0v) is 12.8. The van der Waals surface area contributed by atoms with Gasteiger partial charge < -0.3 is 10.2 Å². The molecule has 0 amide bonds. The maximum Gasteiger partial charge on any atom is 0.169 e. The molecule has 1 unspecified atom stereocenters. The molecule has 0 radical (unpaired) electrons. The van der Waals surface area contributed by atoms with Crippen molar-refractivity contribution in [3.05, 3.63) is 22.6 Å². The topological polar surface area (TPSA) is 42.4 Å². The average Bonchev–Trinajstić information content (AvgIpc) is 2.77. The number of furan rings is 1. The molecule has 0 aliphatic heterocycles. The monoisotopic (exact) mass is 314 g/mol. The van der Waals surface area contributed by atoms with Gasteiger partial charge >= 0.3 is 0 Å². The summed E-state index contributed by atoms with van der Waals surface area (Å²) in [5.74, 6) is 1.84. The van der Waals surface area contributed by atoms with E-state index in [9.17, 15) is 0 Å². The Kier molecular flexibility index (Phi) is 4.87. The van der Waals surface area contributed by atoms with Crippen LogP contribution in [-0.4, -0.2) is 24.5 Å². The van der Waals surface area contributed by atoms with Crippen molar-refractivity contribution in [1.29, 1.82) is 0 Å². The molecule has 0 spiro atoms. The molecule has 1 aromatic heterocycles. The maximum absolute atomic E-state index is 5.93. The normalized spacial score (nSPS) is 26.5. The SMILES string of the molecule is CC1CCC(N(C)C(CN)c2ccc(Br)o2)CC1. The molecule has 102 valence electrons. The number of hydrogen-bond acceptors (Lipinski definition) is 3. The van der Waals surface area contributed by atoms with Crippen molar-refractivity contribution < 1.29 is 4.42 Å². The largest absolute Gasteiger partial charge is 0.453 e. The standard InChI is InChI=1S/C14H23BrN2O/c1-10-3-5-11(6-4-10)17(2)12(9-16)13-7-8-14(15)18-13/h7-8,10-12H,3-6,9,16H2,1-2H3. The van der Waals surface area contributed by atoms with Crippen LogP contribution in [0.1, 0.15) is 44.4 Å². The van der Waals surface area contributed by atoms with E-state index >= 15 is 0 Å². The Labute approximate surface area is 118 Å². The maximum atomic E-state index is 5.93. The average molecular weight is 315 g/mol. The smallest absolute Gasteiger partial charge is 0.169 e. The van der Waals surface area contributed by atoms with Gasteiger partial charge in [-0.25, -0.2) is 0 Å². The summed E-state index contributed by atoms with van der Waals surface area (Å²) in [5.41, 5.74) is 5.93. The quantitative estimate of drug-likeness (QED) is 0.924. The van der Waals surface area contributed by atoms with Crippen molar-refractivity contribution in [1.82, 2.24) is 4.90 Å². The third-order valence-corrected chi connectivity index (χ3v) is 4.62. The zero-order valence-electron chi connectivity index (χ0n) is 11.2. The van der Waals surface area contributed by atoms with Crippen molar-refractivity contribution in [3.8, 4) is 0 Å². The molecule has 2 N–H and O–H groups in total. The van der Waals surface area contributed by atoms with Crippen LogP contribution in [0.4, 0.5) is 0 Å². The molecule has 3 nitrogen and oxygen atoms in total. The van der Waals surface area contributed by atoms with Crippen LogP contribution in [0.5, 0.6) is 0 Å². The first-order valence-corrected chi connectivity index (χ1v) is 7.58. The highest BCUT2D eigenvalue weighted by Crippen LogP contribution is 2.32. The zero-order chi connectivity index (χ0) is 13.1. The van der Waals surface area contributed by atoms with Gasteiger partial charge in [0, 0.05) is 12.6 Å². The molecule has 0 aromatic carbocycles. The summed E-state index contributed by atoms with van der Waals surface area (Å²) in [7, 11) is 2.18. The van der Waals surface area contributed by atoms with Crippen molar-refractivity contribution in [2.75, 3.05) is 13.6 Å². The lowest BCUT2D eigenvalue weighted by molar-refractivity contribution is 0.113. The first kappa shape index (κ1) is 14.1. The molecular formula is C14H23BrN2O. The molecular weight excluding hydrogens is 292 g/mol. The van der Waals surface area contributed by atoms with E-state index in [0.29, 0.717) is 12.6 Å². The van der Waals surface area contributed by atoms with Crippen LogP contribution >= 0.6 is 15.9 Å². The van der Waals surface area contributed by atoms with Gasteiger partial charge in [0.25, 0.3) is 0 Å². The van der Waals surface area contributed by atoms with Crippen LogP contribution in [0.3, 0.4) is 0 Å². The lowest BCUT2D eigenvalue weighted by Crippen LogP contribution is -2.40. The van der Waals surface area contributed by atoms with Gasteiger partial charge in [-0.2, -0.15) is 0 Å². The summed E-state index contributed by atoms with van der Waals surface area (Å²) in [4.78, 5) is 2.40. The van der Waals surface area contributed by atoms with Gasteiger partial charge in [-0.3, -0.25) is 4.90 Å². The number of nitrogens with zero attached hydrogens (tertiary/aromatic N) is 1. The Morgan fingerprint density at radius 2 is 2.06 bits per heavy atom. The third-order valence-electron chi connectivity index (χ3n) is 4.20.